The van der Waals surface area contributed by atoms with Crippen LogP contribution in [0.5, 0.6) is 5.75 Å². The van der Waals surface area contributed by atoms with Gasteiger partial charge in [-0.15, -0.1) is 0 Å². The molecule has 0 fully saturated rings. The molecule has 0 saturated carbocycles. The third-order valence-corrected chi connectivity index (χ3v) is 5.74. The van der Waals surface area contributed by atoms with Gasteiger partial charge in [0, 0.05) is 12.0 Å². The summed E-state index contributed by atoms with van der Waals surface area (Å²) in [6, 6.07) is 14.8. The molecule has 1 unspecified atom stereocenters. The van der Waals surface area contributed by atoms with Gasteiger partial charge in [0.1, 0.15) is 12.4 Å². The molecule has 1 atom stereocenters. The van der Waals surface area contributed by atoms with E-state index >= 15 is 0 Å². The average Bonchev–Trinajstić information content (AvgIpc) is 2.72. The average molecular weight is 432 g/mol. The van der Waals surface area contributed by atoms with Crippen LogP contribution in [0.3, 0.4) is 0 Å². The Morgan fingerprint density at radius 2 is 1.77 bits per heavy atom. The van der Waals surface area contributed by atoms with E-state index in [4.69, 9.17) is 9.84 Å². The summed E-state index contributed by atoms with van der Waals surface area (Å²) in [5.74, 6) is -0.633. The van der Waals surface area contributed by atoms with E-state index in [0.29, 0.717) is 17.9 Å². The molecule has 0 amide bonds. The van der Waals surface area contributed by atoms with Gasteiger partial charge >= 0.3 is 5.97 Å². The molecule has 6 heteroatoms. The summed E-state index contributed by atoms with van der Waals surface area (Å²) in [5.41, 5.74) is 0.872. The third-order valence-electron chi connectivity index (χ3n) is 5.43. The highest BCUT2D eigenvalue weighted by atomic mass is 31.0. The molecule has 1 aliphatic carbocycles. The van der Waals surface area contributed by atoms with Gasteiger partial charge in [0.25, 0.3) is 5.66 Å². The van der Waals surface area contributed by atoms with Crippen LogP contribution in [0.4, 0.5) is 8.78 Å². The van der Waals surface area contributed by atoms with Crippen molar-refractivity contribution in [2.45, 2.75) is 50.6 Å². The number of hydrogen-bond acceptors (Lipinski definition) is 2. The first-order valence-electron chi connectivity index (χ1n) is 10.2. The predicted octanol–water partition coefficient (Wildman–Crippen LogP) is 6.12. The van der Waals surface area contributed by atoms with E-state index in [1.807, 2.05) is 18.2 Å². The Labute approximate surface area is 178 Å². The minimum absolute atomic E-state index is 0.0569. The zero-order valence-corrected chi connectivity index (χ0v) is 18.0. The lowest BCUT2D eigenvalue weighted by Crippen LogP contribution is -2.12. The van der Waals surface area contributed by atoms with E-state index in [-0.39, 0.29) is 18.4 Å². The SMILES string of the molecule is O=C(O)CCc1ccc(OCC2=C(Cc3ccccc3)CCCC2)cc1C(F)(F)P. The number of carboxylic acid groups (broad SMARTS) is 1. The molecule has 0 saturated heterocycles. The predicted molar refractivity (Wildman–Crippen MR) is 117 cm³/mol. The van der Waals surface area contributed by atoms with E-state index in [9.17, 15) is 13.6 Å². The quantitative estimate of drug-likeness (QED) is 0.384. The second-order valence-electron chi connectivity index (χ2n) is 7.70. The summed E-state index contributed by atoms with van der Waals surface area (Å²) >= 11 is 0. The molecule has 3 nitrogen and oxygen atoms in total. The number of carboxylic acids is 1. The fourth-order valence-electron chi connectivity index (χ4n) is 3.85. The maximum atomic E-state index is 14.1. The third kappa shape index (κ3) is 6.37. The molecular formula is C24H27F2O3P. The van der Waals surface area contributed by atoms with Crippen molar-refractivity contribution in [3.05, 3.63) is 76.4 Å². The fraction of sp³-hybridized carbons (Fsp3) is 0.375. The number of hydrogen-bond donors (Lipinski definition) is 1. The number of carbonyl (C=O) groups is 1. The van der Waals surface area contributed by atoms with Crippen molar-refractivity contribution >= 4 is 15.2 Å². The Kier molecular flexibility index (Phi) is 7.60. The molecule has 0 bridgehead atoms. The van der Waals surface area contributed by atoms with Crippen molar-refractivity contribution in [3.8, 4) is 5.75 Å². The second kappa shape index (κ2) is 10.2. The molecular weight excluding hydrogens is 405 g/mol. The monoisotopic (exact) mass is 432 g/mol. The van der Waals surface area contributed by atoms with Crippen molar-refractivity contribution in [2.24, 2.45) is 0 Å². The number of alkyl halides is 2. The van der Waals surface area contributed by atoms with E-state index < -0.39 is 11.6 Å². The molecule has 160 valence electrons. The Bertz CT molecular complexity index is 904. The van der Waals surface area contributed by atoms with E-state index in [2.05, 4.69) is 12.1 Å². The molecule has 0 aliphatic heterocycles. The zero-order chi connectivity index (χ0) is 21.6. The van der Waals surface area contributed by atoms with Crippen LogP contribution in [0.15, 0.2) is 59.7 Å². The first-order valence-corrected chi connectivity index (χ1v) is 10.8. The minimum atomic E-state index is -3.14. The molecule has 3 rings (SSSR count). The summed E-state index contributed by atoms with van der Waals surface area (Å²) in [6.07, 6.45) is 5.03. The van der Waals surface area contributed by atoms with Gasteiger partial charge < -0.3 is 9.84 Å². The van der Waals surface area contributed by atoms with Gasteiger partial charge in [-0.05, 0) is 67.4 Å². The lowest BCUT2D eigenvalue weighted by molar-refractivity contribution is -0.136. The minimum Gasteiger partial charge on any atom is -0.489 e. The normalized spacial score (nSPS) is 14.6. The first-order chi connectivity index (χ1) is 14.3. The fourth-order valence-corrected chi connectivity index (χ4v) is 4.11. The molecule has 0 aromatic heterocycles. The Balaban J connectivity index is 1.75. The summed E-state index contributed by atoms with van der Waals surface area (Å²) < 4.78 is 34.1. The summed E-state index contributed by atoms with van der Waals surface area (Å²) in [7, 11) is 1.53. The van der Waals surface area contributed by atoms with Crippen LogP contribution in [0.2, 0.25) is 0 Å². The molecule has 2 aromatic rings. The highest BCUT2D eigenvalue weighted by molar-refractivity contribution is 7.17. The van der Waals surface area contributed by atoms with Crippen molar-refractivity contribution in [1.82, 2.24) is 0 Å². The van der Waals surface area contributed by atoms with Crippen LogP contribution in [0.25, 0.3) is 0 Å². The van der Waals surface area contributed by atoms with Crippen molar-refractivity contribution < 1.29 is 23.4 Å². The molecule has 0 heterocycles. The number of rotatable bonds is 9. The Hall–Kier alpha value is -2.26. The molecule has 30 heavy (non-hydrogen) atoms. The van der Waals surface area contributed by atoms with E-state index in [1.165, 1.54) is 32.0 Å². The van der Waals surface area contributed by atoms with Gasteiger partial charge in [0.05, 0.1) is 0 Å². The number of allylic oxidation sites excluding steroid dienone is 1. The first kappa shape index (κ1) is 22.4. The van der Waals surface area contributed by atoms with Gasteiger partial charge in [0.15, 0.2) is 0 Å². The van der Waals surface area contributed by atoms with Crippen LogP contribution in [-0.2, 0) is 23.3 Å². The van der Waals surface area contributed by atoms with Gasteiger partial charge in [-0.1, -0.05) is 51.2 Å². The molecule has 1 aliphatic rings. The number of aryl methyl sites for hydroxylation is 1. The van der Waals surface area contributed by atoms with Crippen LogP contribution in [-0.4, -0.2) is 17.7 Å². The highest BCUT2D eigenvalue weighted by Crippen LogP contribution is 2.39. The van der Waals surface area contributed by atoms with Crippen LogP contribution >= 0.6 is 9.24 Å². The Morgan fingerprint density at radius 3 is 2.43 bits per heavy atom. The largest absolute Gasteiger partial charge is 0.489 e. The van der Waals surface area contributed by atoms with Gasteiger partial charge in [0.2, 0.25) is 0 Å². The summed E-state index contributed by atoms with van der Waals surface area (Å²) in [5, 5.41) is 8.86. The lowest BCUT2D eigenvalue weighted by atomic mass is 9.88. The van der Waals surface area contributed by atoms with Crippen LogP contribution in [0, 0.1) is 0 Å². The Morgan fingerprint density at radius 1 is 1.07 bits per heavy atom. The maximum absolute atomic E-state index is 14.1. The standard InChI is InChI=1S/C24H27F2O3P/c25-24(26,30)22-15-21(12-10-18(22)11-13-23(27)28)29-16-20-9-5-4-8-19(20)14-17-6-2-1-3-7-17/h1-3,6-7,10,12,15H,4-5,8-9,11,13-14,16,30H2,(H,27,28). The van der Waals surface area contributed by atoms with E-state index in [0.717, 1.165) is 32.1 Å². The zero-order valence-electron chi connectivity index (χ0n) is 16.9. The smallest absolute Gasteiger partial charge is 0.303 e. The van der Waals surface area contributed by atoms with Crippen LogP contribution < -0.4 is 4.74 Å². The summed E-state index contributed by atoms with van der Waals surface area (Å²) in [4.78, 5) is 10.8. The lowest BCUT2D eigenvalue weighted by Gasteiger charge is -2.22. The van der Waals surface area contributed by atoms with Crippen molar-refractivity contribution in [1.29, 1.82) is 0 Å². The number of benzene rings is 2. The summed E-state index contributed by atoms with van der Waals surface area (Å²) in [6.45, 7) is 0.387. The second-order valence-corrected chi connectivity index (χ2v) is 8.43. The van der Waals surface area contributed by atoms with Crippen molar-refractivity contribution in [2.75, 3.05) is 6.61 Å². The number of ether oxygens (including phenoxy) is 1. The molecule has 2 aromatic carbocycles. The van der Waals surface area contributed by atoms with Crippen molar-refractivity contribution in [3.63, 3.8) is 0 Å². The number of aliphatic carboxylic acids is 1. The van der Waals surface area contributed by atoms with E-state index in [1.54, 1.807) is 12.1 Å². The van der Waals surface area contributed by atoms with Gasteiger partial charge in [-0.25, -0.2) is 0 Å². The highest BCUT2D eigenvalue weighted by Gasteiger charge is 2.28. The van der Waals surface area contributed by atoms with Gasteiger partial charge in [-0.3, -0.25) is 4.79 Å². The van der Waals surface area contributed by atoms with Crippen LogP contribution in [0.1, 0.15) is 48.8 Å². The molecule has 0 radical (unpaired) electrons. The molecule has 1 N–H and O–H groups in total. The molecule has 0 spiro atoms. The topological polar surface area (TPSA) is 46.5 Å². The maximum Gasteiger partial charge on any atom is 0.303 e. The van der Waals surface area contributed by atoms with Gasteiger partial charge in [-0.2, -0.15) is 8.78 Å². The number of halogens is 2.